The summed E-state index contributed by atoms with van der Waals surface area (Å²) in [4.78, 5) is 11.3. The van der Waals surface area contributed by atoms with Crippen LogP contribution in [-0.4, -0.2) is 12.5 Å². The van der Waals surface area contributed by atoms with E-state index in [-0.39, 0.29) is 5.76 Å². The summed E-state index contributed by atoms with van der Waals surface area (Å²) in [7, 11) is 0. The Morgan fingerprint density at radius 3 is 2.89 bits per heavy atom. The molecule has 5 heteroatoms. The molecule has 3 N–H and O–H groups in total. The summed E-state index contributed by atoms with van der Waals surface area (Å²) in [6.45, 7) is 7.38. The van der Waals surface area contributed by atoms with Crippen LogP contribution in [0, 0.1) is 12.8 Å². The molecule has 5 nitrogen and oxygen atoms in total. The maximum atomic E-state index is 11.3. The van der Waals surface area contributed by atoms with Crippen LogP contribution in [-0.2, 0) is 11.3 Å². The first kappa shape index (κ1) is 14.7. The summed E-state index contributed by atoms with van der Waals surface area (Å²) in [5, 5.41) is 0. The largest absolute Gasteiger partial charge is 0.456 e. The number of rotatable bonds is 7. The number of carbonyl (C=O) groups excluding carboxylic acids is 1. The molecule has 18 heavy (non-hydrogen) atoms. The molecule has 1 aromatic rings. The zero-order valence-electron chi connectivity index (χ0n) is 11.3. The molecule has 1 rings (SSSR count). The Labute approximate surface area is 108 Å². The maximum absolute atomic E-state index is 11.3. The Kier molecular flexibility index (Phi) is 5.88. The zero-order valence-corrected chi connectivity index (χ0v) is 11.3. The van der Waals surface area contributed by atoms with Gasteiger partial charge in [-0.25, -0.2) is 5.84 Å². The van der Waals surface area contributed by atoms with Crippen molar-refractivity contribution in [3.8, 4) is 0 Å². The molecule has 0 aliphatic heterocycles. The molecule has 0 aliphatic carbocycles. The molecule has 1 amide bonds. The maximum Gasteiger partial charge on any atom is 0.300 e. The second-order valence-corrected chi connectivity index (χ2v) is 4.75. The monoisotopic (exact) mass is 254 g/mol. The number of carbonyl (C=O) groups is 1. The molecule has 0 unspecified atom stereocenters. The van der Waals surface area contributed by atoms with Crippen molar-refractivity contribution in [1.82, 2.24) is 5.43 Å². The van der Waals surface area contributed by atoms with Gasteiger partial charge in [-0.05, 0) is 31.7 Å². The van der Waals surface area contributed by atoms with Gasteiger partial charge in [-0.1, -0.05) is 13.8 Å². The van der Waals surface area contributed by atoms with E-state index < -0.39 is 5.91 Å². The molecule has 0 spiro atoms. The Balaban J connectivity index is 2.38. The summed E-state index contributed by atoms with van der Waals surface area (Å²) in [5.41, 5.74) is 2.92. The summed E-state index contributed by atoms with van der Waals surface area (Å²) in [6.07, 6.45) is 2.20. The lowest BCUT2D eigenvalue weighted by molar-refractivity contribution is 0.0924. The van der Waals surface area contributed by atoms with Crippen molar-refractivity contribution in [2.24, 2.45) is 11.8 Å². The van der Waals surface area contributed by atoms with E-state index in [4.69, 9.17) is 15.0 Å². The van der Waals surface area contributed by atoms with Crippen LogP contribution in [0.5, 0.6) is 0 Å². The third-order valence-corrected chi connectivity index (χ3v) is 2.70. The van der Waals surface area contributed by atoms with Crippen LogP contribution in [0.25, 0.3) is 0 Å². The lowest BCUT2D eigenvalue weighted by atomic mass is 10.1. The Morgan fingerprint density at radius 1 is 1.56 bits per heavy atom. The second kappa shape index (κ2) is 7.18. The number of furan rings is 1. The Hall–Kier alpha value is -1.33. The first-order valence-corrected chi connectivity index (χ1v) is 6.22. The highest BCUT2D eigenvalue weighted by Crippen LogP contribution is 2.16. The Bertz CT molecular complexity index is 386. The number of hydrogen-bond acceptors (Lipinski definition) is 4. The lowest BCUT2D eigenvalue weighted by Gasteiger charge is -2.05. The van der Waals surface area contributed by atoms with Crippen LogP contribution in [0.1, 0.15) is 48.6 Å². The molecule has 0 radical (unpaired) electrons. The van der Waals surface area contributed by atoms with Crippen LogP contribution in [0.2, 0.25) is 0 Å². The predicted molar refractivity (Wildman–Crippen MR) is 68.8 cm³/mol. The van der Waals surface area contributed by atoms with Crippen LogP contribution in [0.15, 0.2) is 10.5 Å². The van der Waals surface area contributed by atoms with Crippen LogP contribution in [0.3, 0.4) is 0 Å². The number of ether oxygens (including phenoxy) is 1. The third kappa shape index (κ3) is 4.50. The fourth-order valence-electron chi connectivity index (χ4n) is 1.62. The number of amides is 1. The van der Waals surface area contributed by atoms with E-state index in [0.717, 1.165) is 25.0 Å². The number of nitrogens with one attached hydrogen (secondary N) is 1. The van der Waals surface area contributed by atoms with Gasteiger partial charge < -0.3 is 9.15 Å². The molecule has 0 saturated carbocycles. The van der Waals surface area contributed by atoms with Crippen molar-refractivity contribution in [1.29, 1.82) is 0 Å². The summed E-state index contributed by atoms with van der Waals surface area (Å²) in [5.74, 6) is 6.22. The number of aryl methyl sites for hydroxylation is 1. The van der Waals surface area contributed by atoms with Gasteiger partial charge in [0.05, 0.1) is 6.61 Å². The predicted octanol–water partition coefficient (Wildman–Crippen LogP) is 2.14. The molecule has 1 heterocycles. The minimum absolute atomic E-state index is 0.218. The molecule has 102 valence electrons. The molecular weight excluding hydrogens is 232 g/mol. The van der Waals surface area contributed by atoms with Crippen LogP contribution < -0.4 is 11.3 Å². The first-order chi connectivity index (χ1) is 8.54. The van der Waals surface area contributed by atoms with E-state index in [2.05, 4.69) is 13.8 Å². The molecular formula is C13H22N2O3. The number of hydrazine groups is 1. The highest BCUT2D eigenvalue weighted by atomic mass is 16.5. The van der Waals surface area contributed by atoms with Gasteiger partial charge in [0.2, 0.25) is 0 Å². The van der Waals surface area contributed by atoms with Gasteiger partial charge in [0.1, 0.15) is 5.76 Å². The number of hydrogen-bond donors (Lipinski definition) is 2. The average molecular weight is 254 g/mol. The molecule has 0 fully saturated rings. The highest BCUT2D eigenvalue weighted by Gasteiger charge is 2.13. The van der Waals surface area contributed by atoms with Crippen LogP contribution in [0.4, 0.5) is 0 Å². The van der Waals surface area contributed by atoms with Gasteiger partial charge >= 0.3 is 5.91 Å². The molecule has 0 saturated heterocycles. The van der Waals surface area contributed by atoms with Gasteiger partial charge in [-0.3, -0.25) is 10.2 Å². The van der Waals surface area contributed by atoms with Gasteiger partial charge in [0.25, 0.3) is 0 Å². The van der Waals surface area contributed by atoms with Gasteiger partial charge in [0, 0.05) is 12.2 Å². The normalized spacial score (nSPS) is 10.9. The quantitative estimate of drug-likeness (QED) is 0.338. The third-order valence-electron chi connectivity index (χ3n) is 2.70. The van der Waals surface area contributed by atoms with E-state index in [1.165, 1.54) is 0 Å². The Morgan fingerprint density at radius 2 is 2.28 bits per heavy atom. The van der Waals surface area contributed by atoms with Crippen molar-refractivity contribution in [2.75, 3.05) is 6.61 Å². The first-order valence-electron chi connectivity index (χ1n) is 6.22. The van der Waals surface area contributed by atoms with Crippen molar-refractivity contribution in [3.05, 3.63) is 23.2 Å². The van der Waals surface area contributed by atoms with E-state index >= 15 is 0 Å². The number of nitrogens with two attached hydrogens (primary N) is 1. The van der Waals surface area contributed by atoms with Crippen LogP contribution >= 0.6 is 0 Å². The molecule has 1 aromatic heterocycles. The molecule has 0 aromatic carbocycles. The SMILES string of the molecule is Cc1oc(C(=O)NN)cc1COCCCC(C)C. The minimum atomic E-state index is -0.427. The van der Waals surface area contributed by atoms with Crippen molar-refractivity contribution >= 4 is 5.91 Å². The van der Waals surface area contributed by atoms with Gasteiger partial charge in [0.15, 0.2) is 5.76 Å². The van der Waals surface area contributed by atoms with Crippen molar-refractivity contribution in [3.63, 3.8) is 0 Å². The zero-order chi connectivity index (χ0) is 13.5. The lowest BCUT2D eigenvalue weighted by Crippen LogP contribution is -2.29. The molecule has 0 aliphatic rings. The topological polar surface area (TPSA) is 77.5 Å². The van der Waals surface area contributed by atoms with Gasteiger partial charge in [-0.2, -0.15) is 0 Å². The van der Waals surface area contributed by atoms with E-state index in [1.54, 1.807) is 13.0 Å². The average Bonchev–Trinajstić information content (AvgIpc) is 2.69. The van der Waals surface area contributed by atoms with Crippen molar-refractivity contribution < 1.29 is 13.9 Å². The minimum Gasteiger partial charge on any atom is -0.456 e. The van der Waals surface area contributed by atoms with E-state index in [9.17, 15) is 4.79 Å². The number of nitrogen functional groups attached to an aromatic ring is 1. The van der Waals surface area contributed by atoms with Crippen molar-refractivity contribution in [2.45, 2.75) is 40.2 Å². The standard InChI is InChI=1S/C13H22N2O3/c1-9(2)5-4-6-17-8-11-7-12(13(16)15-14)18-10(11)3/h7,9H,4-6,8,14H2,1-3H3,(H,15,16). The summed E-state index contributed by atoms with van der Waals surface area (Å²) >= 11 is 0. The van der Waals surface area contributed by atoms with E-state index in [0.29, 0.717) is 18.3 Å². The second-order valence-electron chi connectivity index (χ2n) is 4.75. The molecule has 0 bridgehead atoms. The molecule has 0 atom stereocenters. The van der Waals surface area contributed by atoms with Gasteiger partial charge in [-0.15, -0.1) is 0 Å². The fraction of sp³-hybridized carbons (Fsp3) is 0.615. The fourth-order valence-corrected chi connectivity index (χ4v) is 1.62. The van der Waals surface area contributed by atoms with E-state index in [1.807, 2.05) is 5.43 Å². The summed E-state index contributed by atoms with van der Waals surface area (Å²) < 4.78 is 10.8. The highest BCUT2D eigenvalue weighted by molar-refractivity contribution is 5.91. The smallest absolute Gasteiger partial charge is 0.300 e. The summed E-state index contributed by atoms with van der Waals surface area (Å²) in [6, 6.07) is 1.67.